The molecule has 2 atom stereocenters. The third kappa shape index (κ3) is 4.17. The van der Waals surface area contributed by atoms with Gasteiger partial charge in [-0.1, -0.05) is 26.7 Å². The van der Waals surface area contributed by atoms with E-state index in [-0.39, 0.29) is 4.90 Å². The molecule has 0 amide bonds. The van der Waals surface area contributed by atoms with Gasteiger partial charge in [-0.3, -0.25) is 4.98 Å². The van der Waals surface area contributed by atoms with Crippen molar-refractivity contribution in [1.82, 2.24) is 9.71 Å². The molecule has 1 heterocycles. The van der Waals surface area contributed by atoms with Crippen LogP contribution in [-0.4, -0.2) is 26.5 Å². The maximum absolute atomic E-state index is 12.5. The Morgan fingerprint density at radius 3 is 2.86 bits per heavy atom. The zero-order chi connectivity index (χ0) is 15.3. The van der Waals surface area contributed by atoms with E-state index in [1.807, 2.05) is 6.92 Å². The zero-order valence-electron chi connectivity index (χ0n) is 12.8. The molecule has 1 aliphatic rings. The fourth-order valence-electron chi connectivity index (χ4n) is 2.82. The minimum absolute atomic E-state index is 0.240. The van der Waals surface area contributed by atoms with Crippen LogP contribution in [0.5, 0.6) is 0 Å². The van der Waals surface area contributed by atoms with Crippen molar-refractivity contribution in [3.8, 4) is 0 Å². The Bertz CT molecular complexity index is 560. The monoisotopic (exact) mass is 311 g/mol. The summed E-state index contributed by atoms with van der Waals surface area (Å²) in [7, 11) is -3.51. The number of aromatic nitrogens is 1. The molecule has 6 heteroatoms. The maximum Gasteiger partial charge on any atom is 0.244 e. The summed E-state index contributed by atoms with van der Waals surface area (Å²) in [5.41, 5.74) is 0.624. The molecule has 1 fully saturated rings. The number of pyridine rings is 1. The van der Waals surface area contributed by atoms with E-state index in [9.17, 15) is 8.42 Å². The molecular formula is C15H25N3O2S. The highest BCUT2D eigenvalue weighted by atomic mass is 32.2. The van der Waals surface area contributed by atoms with Crippen molar-refractivity contribution >= 4 is 15.7 Å². The molecule has 1 aromatic heterocycles. The summed E-state index contributed by atoms with van der Waals surface area (Å²) in [5, 5.41) is 3.15. The van der Waals surface area contributed by atoms with E-state index in [1.165, 1.54) is 19.0 Å². The van der Waals surface area contributed by atoms with Gasteiger partial charge in [-0.05, 0) is 30.7 Å². The summed E-state index contributed by atoms with van der Waals surface area (Å²) >= 11 is 0. The molecular weight excluding hydrogens is 286 g/mol. The Morgan fingerprint density at radius 2 is 2.19 bits per heavy atom. The quantitative estimate of drug-likeness (QED) is 0.812. The minimum atomic E-state index is -3.51. The van der Waals surface area contributed by atoms with E-state index < -0.39 is 10.0 Å². The molecule has 0 aromatic carbocycles. The van der Waals surface area contributed by atoms with Crippen LogP contribution in [0.1, 0.15) is 39.5 Å². The molecule has 5 nitrogen and oxygen atoms in total. The van der Waals surface area contributed by atoms with Crippen LogP contribution in [0.2, 0.25) is 0 Å². The van der Waals surface area contributed by atoms with E-state index in [1.54, 1.807) is 12.3 Å². The van der Waals surface area contributed by atoms with Crippen molar-refractivity contribution in [3.05, 3.63) is 18.5 Å². The predicted molar refractivity (Wildman–Crippen MR) is 84.7 cm³/mol. The highest BCUT2D eigenvalue weighted by Crippen LogP contribution is 2.31. The Balaban J connectivity index is 2.08. The van der Waals surface area contributed by atoms with Gasteiger partial charge in [-0.15, -0.1) is 0 Å². The van der Waals surface area contributed by atoms with Gasteiger partial charge in [-0.25, -0.2) is 13.1 Å². The van der Waals surface area contributed by atoms with Crippen molar-refractivity contribution in [2.45, 2.75) is 44.4 Å². The van der Waals surface area contributed by atoms with E-state index in [0.717, 1.165) is 19.4 Å². The molecule has 1 aromatic rings. The van der Waals surface area contributed by atoms with Crippen LogP contribution in [0.4, 0.5) is 5.69 Å². The summed E-state index contributed by atoms with van der Waals surface area (Å²) in [6.07, 6.45) is 7.47. The second-order valence-electron chi connectivity index (χ2n) is 5.82. The van der Waals surface area contributed by atoms with E-state index >= 15 is 0 Å². The summed E-state index contributed by atoms with van der Waals surface area (Å²) in [5.74, 6) is 1.04. The lowest BCUT2D eigenvalue weighted by Crippen LogP contribution is -2.31. The van der Waals surface area contributed by atoms with Crippen LogP contribution in [0.15, 0.2) is 23.4 Å². The smallest absolute Gasteiger partial charge is 0.244 e. The number of nitrogens with zero attached hydrogens (tertiary/aromatic N) is 1. The number of rotatable bonds is 7. The van der Waals surface area contributed by atoms with Crippen LogP contribution in [0, 0.1) is 11.8 Å². The average Bonchev–Trinajstić information content (AvgIpc) is 2.89. The molecule has 21 heavy (non-hydrogen) atoms. The first-order valence-corrected chi connectivity index (χ1v) is 9.20. The highest BCUT2D eigenvalue weighted by molar-refractivity contribution is 7.89. The lowest BCUT2D eigenvalue weighted by Gasteiger charge is -2.17. The molecule has 0 spiro atoms. The number of anilines is 1. The third-order valence-electron chi connectivity index (χ3n) is 4.21. The van der Waals surface area contributed by atoms with Crippen molar-refractivity contribution in [3.63, 3.8) is 0 Å². The summed E-state index contributed by atoms with van der Waals surface area (Å²) in [6.45, 7) is 5.50. The second kappa shape index (κ2) is 7.22. The molecule has 0 aliphatic heterocycles. The Hall–Kier alpha value is -1.14. The first-order chi connectivity index (χ1) is 10.0. The lowest BCUT2D eigenvalue weighted by atomic mass is 9.99. The largest absolute Gasteiger partial charge is 0.384 e. The predicted octanol–water partition coefficient (Wildman–Crippen LogP) is 2.62. The van der Waals surface area contributed by atoms with E-state index in [0.29, 0.717) is 24.1 Å². The van der Waals surface area contributed by atoms with Gasteiger partial charge in [0.25, 0.3) is 0 Å². The zero-order valence-corrected chi connectivity index (χ0v) is 13.6. The molecule has 118 valence electrons. The molecule has 0 bridgehead atoms. The minimum Gasteiger partial charge on any atom is -0.384 e. The van der Waals surface area contributed by atoms with Crippen molar-refractivity contribution in [2.24, 2.45) is 11.8 Å². The Kier molecular flexibility index (Phi) is 5.58. The third-order valence-corrected chi connectivity index (χ3v) is 5.67. The van der Waals surface area contributed by atoms with Gasteiger partial charge in [0.15, 0.2) is 0 Å². The average molecular weight is 311 g/mol. The normalized spacial score (nSPS) is 22.4. The van der Waals surface area contributed by atoms with Crippen molar-refractivity contribution < 1.29 is 8.42 Å². The first-order valence-electron chi connectivity index (χ1n) is 7.72. The maximum atomic E-state index is 12.5. The van der Waals surface area contributed by atoms with Gasteiger partial charge in [0.1, 0.15) is 4.90 Å². The van der Waals surface area contributed by atoms with Crippen molar-refractivity contribution in [1.29, 1.82) is 0 Å². The van der Waals surface area contributed by atoms with Gasteiger partial charge in [-0.2, -0.15) is 0 Å². The van der Waals surface area contributed by atoms with Gasteiger partial charge < -0.3 is 5.32 Å². The number of hydrogen-bond acceptors (Lipinski definition) is 4. The SMILES string of the molecule is CCCNc1ccncc1S(=O)(=O)NCC1CCCC1C. The van der Waals surface area contributed by atoms with Gasteiger partial charge in [0, 0.05) is 25.5 Å². The van der Waals surface area contributed by atoms with E-state index in [4.69, 9.17) is 0 Å². The number of nitrogens with one attached hydrogen (secondary N) is 2. The Labute approximate surface area is 127 Å². The standard InChI is InChI=1S/C15H25N3O2S/c1-3-8-17-14-7-9-16-11-15(14)21(19,20)18-10-13-6-4-5-12(13)2/h7,9,11-13,18H,3-6,8,10H2,1-2H3,(H,16,17). The van der Waals surface area contributed by atoms with Gasteiger partial charge >= 0.3 is 0 Å². The molecule has 1 aliphatic carbocycles. The topological polar surface area (TPSA) is 71.1 Å². The molecule has 2 unspecified atom stereocenters. The first kappa shape index (κ1) is 16.2. The lowest BCUT2D eigenvalue weighted by molar-refractivity contribution is 0.414. The molecule has 1 saturated carbocycles. The van der Waals surface area contributed by atoms with Crippen LogP contribution in [0.25, 0.3) is 0 Å². The van der Waals surface area contributed by atoms with Crippen LogP contribution < -0.4 is 10.0 Å². The van der Waals surface area contributed by atoms with Gasteiger partial charge in [0.05, 0.1) is 5.69 Å². The second-order valence-corrected chi connectivity index (χ2v) is 7.55. The molecule has 0 saturated heterocycles. The summed E-state index contributed by atoms with van der Waals surface area (Å²) in [4.78, 5) is 4.20. The summed E-state index contributed by atoms with van der Waals surface area (Å²) < 4.78 is 27.7. The fraction of sp³-hybridized carbons (Fsp3) is 0.667. The Morgan fingerprint density at radius 1 is 1.38 bits per heavy atom. The fourth-order valence-corrected chi connectivity index (χ4v) is 4.04. The number of hydrogen-bond donors (Lipinski definition) is 2. The van der Waals surface area contributed by atoms with Crippen molar-refractivity contribution in [2.75, 3.05) is 18.4 Å². The van der Waals surface area contributed by atoms with Crippen LogP contribution in [-0.2, 0) is 10.0 Å². The molecule has 0 radical (unpaired) electrons. The molecule has 2 rings (SSSR count). The highest BCUT2D eigenvalue weighted by Gasteiger charge is 2.26. The van der Waals surface area contributed by atoms with Crippen LogP contribution in [0.3, 0.4) is 0 Å². The van der Waals surface area contributed by atoms with E-state index in [2.05, 4.69) is 21.9 Å². The van der Waals surface area contributed by atoms with Gasteiger partial charge in [0.2, 0.25) is 10.0 Å². The molecule has 2 N–H and O–H groups in total. The summed E-state index contributed by atoms with van der Waals surface area (Å²) in [6, 6.07) is 1.71. The van der Waals surface area contributed by atoms with Crippen LogP contribution >= 0.6 is 0 Å². The number of sulfonamides is 1.